The highest BCUT2D eigenvalue weighted by molar-refractivity contribution is 7.98. The van der Waals surface area contributed by atoms with Crippen molar-refractivity contribution in [3.63, 3.8) is 0 Å². The monoisotopic (exact) mass is 353 g/mol. The van der Waals surface area contributed by atoms with E-state index in [0.29, 0.717) is 0 Å². The second-order valence-electron chi connectivity index (χ2n) is 5.97. The quantitative estimate of drug-likeness (QED) is 0.793. The first kappa shape index (κ1) is 18.9. The normalized spacial score (nSPS) is 23.6. The smallest absolute Gasteiger partial charge is 0.217 e. The van der Waals surface area contributed by atoms with Crippen molar-refractivity contribution in [1.29, 1.82) is 0 Å². The van der Waals surface area contributed by atoms with Crippen LogP contribution in [0.4, 0.5) is 0 Å². The van der Waals surface area contributed by atoms with E-state index in [4.69, 9.17) is 14.2 Å². The van der Waals surface area contributed by atoms with Gasteiger partial charge in [-0.25, -0.2) is 0 Å². The minimum absolute atomic E-state index is 0.00206. The molecule has 1 saturated heterocycles. The first-order chi connectivity index (χ1) is 11.5. The fourth-order valence-corrected chi connectivity index (χ4v) is 3.76. The maximum atomic E-state index is 11.5. The highest BCUT2D eigenvalue weighted by atomic mass is 32.2. The summed E-state index contributed by atoms with van der Waals surface area (Å²) in [4.78, 5) is 12.5. The van der Waals surface area contributed by atoms with Crippen LogP contribution in [0.1, 0.15) is 44.8 Å². The Labute approximate surface area is 148 Å². The molecule has 1 N–H and O–H groups in total. The van der Waals surface area contributed by atoms with Crippen LogP contribution in [0.15, 0.2) is 17.0 Å². The molecule has 1 aromatic rings. The van der Waals surface area contributed by atoms with Gasteiger partial charge in [-0.2, -0.15) is 0 Å². The molecule has 1 aliphatic heterocycles. The average Bonchev–Trinajstić information content (AvgIpc) is 2.59. The molecule has 3 atom stereocenters. The predicted molar refractivity (Wildman–Crippen MR) is 96.1 cm³/mol. The number of amides is 1. The van der Waals surface area contributed by atoms with Crippen molar-refractivity contribution in [3.8, 4) is 11.5 Å². The van der Waals surface area contributed by atoms with Crippen LogP contribution in [0.3, 0.4) is 0 Å². The van der Waals surface area contributed by atoms with Crippen molar-refractivity contribution in [1.82, 2.24) is 5.32 Å². The maximum Gasteiger partial charge on any atom is 0.217 e. The molecule has 5 nitrogen and oxygen atoms in total. The van der Waals surface area contributed by atoms with E-state index in [1.54, 1.807) is 32.9 Å². The van der Waals surface area contributed by atoms with Crippen molar-refractivity contribution in [3.05, 3.63) is 17.7 Å². The van der Waals surface area contributed by atoms with E-state index in [9.17, 15) is 4.79 Å². The number of carbonyl (C=O) groups excluding carboxylic acids is 1. The number of methoxy groups -OCH3 is 2. The Hall–Kier alpha value is -1.40. The lowest BCUT2D eigenvalue weighted by Gasteiger charge is -2.36. The van der Waals surface area contributed by atoms with Crippen LogP contribution in [0.5, 0.6) is 11.5 Å². The molecule has 0 saturated carbocycles. The molecule has 1 amide bonds. The Balaban J connectivity index is 2.35. The van der Waals surface area contributed by atoms with Gasteiger partial charge in [-0.05, 0) is 37.7 Å². The van der Waals surface area contributed by atoms with Crippen molar-refractivity contribution in [2.75, 3.05) is 20.5 Å². The Morgan fingerprint density at radius 1 is 1.29 bits per heavy atom. The molecule has 1 fully saturated rings. The van der Waals surface area contributed by atoms with Crippen LogP contribution in [0, 0.1) is 0 Å². The fourth-order valence-electron chi connectivity index (χ4n) is 3.19. The van der Waals surface area contributed by atoms with Crippen molar-refractivity contribution >= 4 is 17.7 Å². The zero-order valence-corrected chi connectivity index (χ0v) is 15.9. The van der Waals surface area contributed by atoms with Gasteiger partial charge < -0.3 is 19.5 Å². The Kier molecular flexibility index (Phi) is 6.80. The number of hydrogen-bond acceptors (Lipinski definition) is 5. The number of thioether (sulfide) groups is 1. The Bertz CT molecular complexity index is 578. The largest absolute Gasteiger partial charge is 0.496 e. The third-order valence-electron chi connectivity index (χ3n) is 4.35. The fraction of sp³-hybridized carbons (Fsp3) is 0.611. The van der Waals surface area contributed by atoms with Crippen LogP contribution in [0.2, 0.25) is 0 Å². The van der Waals surface area contributed by atoms with Gasteiger partial charge in [0, 0.05) is 18.5 Å². The van der Waals surface area contributed by atoms with Gasteiger partial charge in [-0.15, -0.1) is 11.8 Å². The van der Waals surface area contributed by atoms with E-state index in [2.05, 4.69) is 12.2 Å². The van der Waals surface area contributed by atoms with Crippen molar-refractivity contribution < 1.29 is 19.0 Å². The maximum absolute atomic E-state index is 11.5. The third kappa shape index (κ3) is 4.36. The molecule has 134 valence electrons. The molecular weight excluding hydrogens is 326 g/mol. The number of nitrogens with one attached hydrogen (secondary N) is 1. The summed E-state index contributed by atoms with van der Waals surface area (Å²) in [5, 5.41) is 3.04. The van der Waals surface area contributed by atoms with Gasteiger partial charge >= 0.3 is 0 Å². The summed E-state index contributed by atoms with van der Waals surface area (Å²) in [6, 6.07) is 4.10. The summed E-state index contributed by atoms with van der Waals surface area (Å²) < 4.78 is 17.4. The molecule has 0 aromatic heterocycles. The molecule has 0 spiro atoms. The van der Waals surface area contributed by atoms with Gasteiger partial charge in [-0.3, -0.25) is 4.79 Å². The number of benzene rings is 1. The first-order valence-electron chi connectivity index (χ1n) is 8.24. The topological polar surface area (TPSA) is 56.8 Å². The minimum Gasteiger partial charge on any atom is -0.496 e. The zero-order chi connectivity index (χ0) is 17.7. The van der Waals surface area contributed by atoms with Gasteiger partial charge in [0.2, 0.25) is 5.91 Å². The summed E-state index contributed by atoms with van der Waals surface area (Å²) in [7, 11) is 3.34. The van der Waals surface area contributed by atoms with Gasteiger partial charge in [0.1, 0.15) is 11.5 Å². The molecular formula is C18H27NO4S. The second-order valence-corrected chi connectivity index (χ2v) is 6.82. The van der Waals surface area contributed by atoms with E-state index in [-0.39, 0.29) is 24.2 Å². The summed E-state index contributed by atoms with van der Waals surface area (Å²) in [6.07, 6.45) is 4.49. The van der Waals surface area contributed by atoms with Crippen LogP contribution < -0.4 is 14.8 Å². The highest BCUT2D eigenvalue weighted by Crippen LogP contribution is 2.42. The molecule has 2 rings (SSSR count). The molecule has 0 unspecified atom stereocenters. The third-order valence-corrected chi connectivity index (χ3v) is 5.11. The predicted octanol–water partition coefficient (Wildman–Crippen LogP) is 3.56. The van der Waals surface area contributed by atoms with E-state index < -0.39 is 0 Å². The zero-order valence-electron chi connectivity index (χ0n) is 15.0. The van der Waals surface area contributed by atoms with Gasteiger partial charge in [-0.1, -0.05) is 6.92 Å². The van der Waals surface area contributed by atoms with Gasteiger partial charge in [0.25, 0.3) is 0 Å². The highest BCUT2D eigenvalue weighted by Gasteiger charge is 2.32. The lowest BCUT2D eigenvalue weighted by Crippen LogP contribution is -2.42. The second kappa shape index (κ2) is 8.62. The van der Waals surface area contributed by atoms with Crippen molar-refractivity contribution in [2.24, 2.45) is 0 Å². The number of rotatable bonds is 6. The van der Waals surface area contributed by atoms with E-state index in [1.165, 1.54) is 0 Å². The van der Waals surface area contributed by atoms with Gasteiger partial charge in [0.15, 0.2) is 0 Å². The van der Waals surface area contributed by atoms with E-state index in [1.807, 2.05) is 18.4 Å². The van der Waals surface area contributed by atoms with Crippen LogP contribution in [-0.2, 0) is 9.53 Å². The van der Waals surface area contributed by atoms with Gasteiger partial charge in [0.05, 0.1) is 31.3 Å². The molecule has 24 heavy (non-hydrogen) atoms. The first-order valence-corrected chi connectivity index (χ1v) is 9.47. The van der Waals surface area contributed by atoms with Crippen LogP contribution in [-0.4, -0.2) is 38.5 Å². The number of ether oxygens (including phenoxy) is 3. The lowest BCUT2D eigenvalue weighted by atomic mass is 9.92. The summed E-state index contributed by atoms with van der Waals surface area (Å²) in [5.41, 5.74) is 0.973. The Morgan fingerprint density at radius 2 is 2.00 bits per heavy atom. The molecule has 0 radical (unpaired) electrons. The van der Waals surface area contributed by atoms with E-state index in [0.717, 1.165) is 41.2 Å². The van der Waals surface area contributed by atoms with Crippen LogP contribution >= 0.6 is 11.8 Å². The number of carbonyl (C=O) groups is 1. The summed E-state index contributed by atoms with van der Waals surface area (Å²) in [6.45, 7) is 3.66. The van der Waals surface area contributed by atoms with Crippen molar-refractivity contribution in [2.45, 2.75) is 56.3 Å². The minimum atomic E-state index is -0.125. The molecule has 1 aliphatic rings. The summed E-state index contributed by atoms with van der Waals surface area (Å²) >= 11 is 1.62. The Morgan fingerprint density at radius 3 is 2.54 bits per heavy atom. The molecule has 0 bridgehead atoms. The SMILES string of the molecule is CC[C@H]1C[C@@H](NC(C)=O)C[C@@H](c2cc(OC)c(SC)cc2OC)O1. The summed E-state index contributed by atoms with van der Waals surface area (Å²) in [5.74, 6) is 1.61. The van der Waals surface area contributed by atoms with Crippen LogP contribution in [0.25, 0.3) is 0 Å². The standard InChI is InChI=1S/C18H27NO4S/c1-6-13-7-12(19-11(2)20)8-16(23-13)14-9-17(22-4)18(24-5)10-15(14)21-3/h9-10,12-13,16H,6-8H2,1-5H3,(H,19,20)/t12-,13+,16+/m1/s1. The average molecular weight is 353 g/mol. The molecule has 6 heteroatoms. The van der Waals surface area contributed by atoms with E-state index >= 15 is 0 Å². The molecule has 0 aliphatic carbocycles. The molecule has 1 heterocycles. The lowest BCUT2D eigenvalue weighted by molar-refractivity contribution is -0.122. The number of hydrogen-bond donors (Lipinski definition) is 1. The molecule has 1 aromatic carbocycles.